The summed E-state index contributed by atoms with van der Waals surface area (Å²) in [7, 11) is 0. The van der Waals surface area contributed by atoms with E-state index in [0.29, 0.717) is 6.04 Å². The number of aliphatic hydroxyl groups excluding tert-OH is 1. The average Bonchev–Trinajstić information content (AvgIpc) is 3.16. The molecular weight excluding hydrogens is 320 g/mol. The second kappa shape index (κ2) is 7.26. The molecule has 2 heterocycles. The lowest BCUT2D eigenvalue weighted by atomic mass is 9.92. The van der Waals surface area contributed by atoms with Crippen LogP contribution >= 0.6 is 0 Å². The Bertz CT molecular complexity index is 912. The number of likely N-dealkylation sites (tertiary alicyclic amines) is 1. The lowest BCUT2D eigenvalue weighted by Crippen LogP contribution is -2.33. The van der Waals surface area contributed by atoms with Crippen LogP contribution in [0.5, 0.6) is 0 Å². The molecule has 2 aromatic carbocycles. The van der Waals surface area contributed by atoms with Gasteiger partial charge in [0.15, 0.2) is 0 Å². The number of H-pyrrole nitrogens is 1. The maximum atomic E-state index is 9.50. The van der Waals surface area contributed by atoms with Gasteiger partial charge in [0.25, 0.3) is 0 Å². The van der Waals surface area contributed by atoms with Crippen LogP contribution in [0.4, 0.5) is 0 Å². The third-order valence-electron chi connectivity index (χ3n) is 5.87. The summed E-state index contributed by atoms with van der Waals surface area (Å²) >= 11 is 0. The van der Waals surface area contributed by atoms with Gasteiger partial charge in [0.05, 0.1) is 6.61 Å². The number of benzene rings is 2. The van der Waals surface area contributed by atoms with Crippen LogP contribution in [0, 0.1) is 13.8 Å². The maximum Gasteiger partial charge on any atom is 0.0681 e. The standard InChI is InChI=1S/C23H28N2O/c1-16-12-17(2)23-20(9-10-24-23)21(16)14-25-11-4-3-8-22(25)19-7-5-6-18(13-19)15-26/h5-7,9-10,12-13,22,24,26H,3-4,8,11,14-15H2,1-2H3/t22-/m0/s1. The van der Waals surface area contributed by atoms with Gasteiger partial charge in [-0.2, -0.15) is 0 Å². The number of aliphatic hydroxyl groups is 1. The number of aromatic amines is 1. The van der Waals surface area contributed by atoms with Gasteiger partial charge in [0, 0.05) is 29.7 Å². The molecule has 1 atom stereocenters. The van der Waals surface area contributed by atoms with E-state index in [4.69, 9.17) is 0 Å². The summed E-state index contributed by atoms with van der Waals surface area (Å²) in [4.78, 5) is 6.03. The van der Waals surface area contributed by atoms with E-state index in [1.54, 1.807) is 0 Å². The molecule has 3 heteroatoms. The Labute approximate surface area is 155 Å². The van der Waals surface area contributed by atoms with Crippen LogP contribution < -0.4 is 0 Å². The summed E-state index contributed by atoms with van der Waals surface area (Å²) in [6.45, 7) is 6.64. The number of hydrogen-bond acceptors (Lipinski definition) is 2. The van der Waals surface area contributed by atoms with Crippen LogP contribution in [-0.2, 0) is 13.2 Å². The SMILES string of the molecule is Cc1cc(C)c2[nH]ccc2c1CN1CCCC[C@H]1c1cccc(CO)c1. The third kappa shape index (κ3) is 3.17. The molecule has 136 valence electrons. The van der Waals surface area contributed by atoms with Gasteiger partial charge >= 0.3 is 0 Å². The van der Waals surface area contributed by atoms with Crippen LogP contribution in [-0.4, -0.2) is 21.5 Å². The highest BCUT2D eigenvalue weighted by molar-refractivity contribution is 5.86. The molecule has 1 aromatic heterocycles. The number of hydrogen-bond donors (Lipinski definition) is 2. The summed E-state index contributed by atoms with van der Waals surface area (Å²) < 4.78 is 0. The van der Waals surface area contributed by atoms with Crippen molar-refractivity contribution in [3.05, 3.63) is 70.4 Å². The van der Waals surface area contributed by atoms with E-state index in [1.165, 1.54) is 52.4 Å². The molecule has 2 N–H and O–H groups in total. The minimum absolute atomic E-state index is 0.113. The van der Waals surface area contributed by atoms with Crippen LogP contribution in [0.15, 0.2) is 42.6 Å². The van der Waals surface area contributed by atoms with E-state index < -0.39 is 0 Å². The molecule has 0 aliphatic carbocycles. The Morgan fingerprint density at radius 2 is 2.00 bits per heavy atom. The highest BCUT2D eigenvalue weighted by atomic mass is 16.3. The minimum atomic E-state index is 0.113. The molecule has 4 rings (SSSR count). The quantitative estimate of drug-likeness (QED) is 0.696. The Balaban J connectivity index is 1.69. The molecule has 3 nitrogen and oxygen atoms in total. The lowest BCUT2D eigenvalue weighted by Gasteiger charge is -2.37. The average molecular weight is 348 g/mol. The lowest BCUT2D eigenvalue weighted by molar-refractivity contribution is 0.140. The molecule has 1 saturated heterocycles. The van der Waals surface area contributed by atoms with E-state index in [1.807, 2.05) is 6.07 Å². The van der Waals surface area contributed by atoms with Crippen molar-refractivity contribution >= 4 is 10.9 Å². The van der Waals surface area contributed by atoms with Crippen molar-refractivity contribution < 1.29 is 5.11 Å². The number of nitrogens with zero attached hydrogens (tertiary/aromatic N) is 1. The molecule has 0 radical (unpaired) electrons. The summed E-state index contributed by atoms with van der Waals surface area (Å²) in [5.41, 5.74) is 7.75. The number of piperidine rings is 1. The second-order valence-electron chi connectivity index (χ2n) is 7.64. The molecule has 1 aliphatic rings. The Hall–Kier alpha value is -2.10. The molecule has 0 bridgehead atoms. The molecule has 0 amide bonds. The van der Waals surface area contributed by atoms with Crippen molar-refractivity contribution in [1.29, 1.82) is 0 Å². The van der Waals surface area contributed by atoms with E-state index in [-0.39, 0.29) is 6.61 Å². The predicted octanol–water partition coefficient (Wildman–Crippen LogP) is 5.00. The zero-order valence-corrected chi connectivity index (χ0v) is 15.8. The molecule has 1 fully saturated rings. The van der Waals surface area contributed by atoms with Crippen LogP contribution in [0.2, 0.25) is 0 Å². The molecule has 26 heavy (non-hydrogen) atoms. The largest absolute Gasteiger partial charge is 0.392 e. The fourth-order valence-corrected chi connectivity index (χ4v) is 4.51. The summed E-state index contributed by atoms with van der Waals surface area (Å²) in [6, 6.07) is 13.4. The van der Waals surface area contributed by atoms with Crippen molar-refractivity contribution in [2.75, 3.05) is 6.54 Å². The number of fused-ring (bicyclic) bond motifs is 1. The maximum absolute atomic E-state index is 9.50. The summed E-state index contributed by atoms with van der Waals surface area (Å²) in [5, 5.41) is 10.9. The monoisotopic (exact) mass is 348 g/mol. The Morgan fingerprint density at radius 1 is 1.12 bits per heavy atom. The number of aromatic nitrogens is 1. The van der Waals surface area contributed by atoms with Gasteiger partial charge in [-0.3, -0.25) is 4.90 Å². The number of rotatable bonds is 4. The Morgan fingerprint density at radius 3 is 2.85 bits per heavy atom. The van der Waals surface area contributed by atoms with Crippen molar-refractivity contribution in [3.8, 4) is 0 Å². The topological polar surface area (TPSA) is 39.3 Å². The van der Waals surface area contributed by atoms with Crippen molar-refractivity contribution in [2.45, 2.75) is 52.3 Å². The third-order valence-corrected chi connectivity index (χ3v) is 5.87. The first kappa shape index (κ1) is 17.3. The molecule has 0 unspecified atom stereocenters. The molecule has 0 spiro atoms. The molecule has 1 aliphatic heterocycles. The van der Waals surface area contributed by atoms with Crippen LogP contribution in [0.1, 0.15) is 53.1 Å². The van der Waals surface area contributed by atoms with Crippen LogP contribution in [0.3, 0.4) is 0 Å². The van der Waals surface area contributed by atoms with Gasteiger partial charge in [0.2, 0.25) is 0 Å². The summed E-state index contributed by atoms with van der Waals surface area (Å²) in [5.74, 6) is 0. The van der Waals surface area contributed by atoms with E-state index in [0.717, 1.165) is 18.7 Å². The molecule has 0 saturated carbocycles. The molecule has 3 aromatic rings. The van der Waals surface area contributed by atoms with Crippen molar-refractivity contribution in [1.82, 2.24) is 9.88 Å². The van der Waals surface area contributed by atoms with E-state index in [9.17, 15) is 5.11 Å². The van der Waals surface area contributed by atoms with Crippen LogP contribution in [0.25, 0.3) is 10.9 Å². The normalized spacial score (nSPS) is 18.5. The fraction of sp³-hybridized carbons (Fsp3) is 0.391. The summed E-state index contributed by atoms with van der Waals surface area (Å²) in [6.07, 6.45) is 5.78. The van der Waals surface area contributed by atoms with Crippen molar-refractivity contribution in [2.24, 2.45) is 0 Å². The first-order chi connectivity index (χ1) is 12.7. The Kier molecular flexibility index (Phi) is 4.84. The highest BCUT2D eigenvalue weighted by Crippen LogP contribution is 2.35. The van der Waals surface area contributed by atoms with E-state index >= 15 is 0 Å². The zero-order valence-electron chi connectivity index (χ0n) is 15.8. The fourth-order valence-electron chi connectivity index (χ4n) is 4.51. The van der Waals surface area contributed by atoms with Gasteiger partial charge in [-0.15, -0.1) is 0 Å². The van der Waals surface area contributed by atoms with Gasteiger partial charge in [-0.1, -0.05) is 36.8 Å². The predicted molar refractivity (Wildman–Crippen MR) is 107 cm³/mol. The van der Waals surface area contributed by atoms with Gasteiger partial charge in [-0.05, 0) is 67.1 Å². The van der Waals surface area contributed by atoms with Crippen molar-refractivity contribution in [3.63, 3.8) is 0 Å². The smallest absolute Gasteiger partial charge is 0.0681 e. The van der Waals surface area contributed by atoms with Gasteiger partial charge in [0.1, 0.15) is 0 Å². The van der Waals surface area contributed by atoms with Gasteiger partial charge < -0.3 is 10.1 Å². The zero-order chi connectivity index (χ0) is 18.1. The van der Waals surface area contributed by atoms with Gasteiger partial charge in [-0.25, -0.2) is 0 Å². The first-order valence-corrected chi connectivity index (χ1v) is 9.67. The second-order valence-corrected chi connectivity index (χ2v) is 7.64. The molecular formula is C23H28N2O. The number of nitrogens with one attached hydrogen (secondary N) is 1. The van der Waals surface area contributed by atoms with E-state index in [2.05, 4.69) is 60.3 Å². The highest BCUT2D eigenvalue weighted by Gasteiger charge is 2.25. The first-order valence-electron chi connectivity index (χ1n) is 9.67. The minimum Gasteiger partial charge on any atom is -0.392 e. The number of aryl methyl sites for hydroxylation is 2.